The van der Waals surface area contributed by atoms with E-state index in [-0.39, 0.29) is 20.6 Å². The number of anilines is 1. The highest BCUT2D eigenvalue weighted by molar-refractivity contribution is 7.92. The van der Waals surface area contributed by atoms with Crippen LogP contribution in [0.2, 0.25) is 0 Å². The molecule has 176 valence electrons. The Morgan fingerprint density at radius 1 is 1.36 bits per heavy atom. The summed E-state index contributed by atoms with van der Waals surface area (Å²) in [6.45, 7) is 2.80. The number of carbonyl (C=O) groups excluding carboxylic acids is 1. The van der Waals surface area contributed by atoms with Gasteiger partial charge in [0, 0.05) is 10.6 Å². The quantitative estimate of drug-likeness (QED) is 0.470. The number of sulfonamides is 1. The fourth-order valence-electron chi connectivity index (χ4n) is 4.36. The molecule has 8 nitrogen and oxygen atoms in total. The van der Waals surface area contributed by atoms with Crippen molar-refractivity contribution in [3.8, 4) is 6.07 Å². The molecule has 2 aliphatic carbocycles. The minimum atomic E-state index is -4.38. The maximum Gasteiger partial charge on any atom is 0.333 e. The minimum absolute atomic E-state index is 0.115. The lowest BCUT2D eigenvalue weighted by Gasteiger charge is -2.20. The summed E-state index contributed by atoms with van der Waals surface area (Å²) in [7, 11) is -4.38. The summed E-state index contributed by atoms with van der Waals surface area (Å²) in [5.74, 6) is 0.826. The van der Waals surface area contributed by atoms with E-state index < -0.39 is 28.3 Å². The first-order chi connectivity index (χ1) is 15.6. The molecule has 2 atom stereocenters. The van der Waals surface area contributed by atoms with Gasteiger partial charge in [0.25, 0.3) is 10.0 Å². The molecule has 4 N–H and O–H groups in total. The average Bonchev–Trinajstić information content (AvgIpc) is 3.32. The second-order valence-corrected chi connectivity index (χ2v) is 12.0. The van der Waals surface area contributed by atoms with Gasteiger partial charge in [-0.05, 0) is 73.6 Å². The number of aryl methyl sites for hydroxylation is 1. The Labute approximate surface area is 197 Å². The molecule has 4 rings (SSSR count). The lowest BCUT2D eigenvalue weighted by atomic mass is 9.91. The van der Waals surface area contributed by atoms with Gasteiger partial charge in [0.05, 0.1) is 12.2 Å². The molecule has 0 radical (unpaired) electrons. The predicted molar refractivity (Wildman–Crippen MR) is 125 cm³/mol. The Morgan fingerprint density at radius 2 is 2.09 bits per heavy atom. The van der Waals surface area contributed by atoms with Gasteiger partial charge >= 0.3 is 6.03 Å². The van der Waals surface area contributed by atoms with E-state index in [0.717, 1.165) is 43.2 Å². The van der Waals surface area contributed by atoms with Gasteiger partial charge in [0.2, 0.25) is 0 Å². The van der Waals surface area contributed by atoms with E-state index in [4.69, 9.17) is 0 Å². The largest absolute Gasteiger partial charge is 0.393 e. The van der Waals surface area contributed by atoms with E-state index in [1.807, 2.05) is 10.8 Å². The zero-order valence-corrected chi connectivity index (χ0v) is 20.1. The number of thiophene rings is 1. The van der Waals surface area contributed by atoms with Gasteiger partial charge in [-0.15, -0.1) is 11.3 Å². The van der Waals surface area contributed by atoms with Crippen LogP contribution in [0.1, 0.15) is 66.2 Å². The zero-order valence-electron chi connectivity index (χ0n) is 18.5. The molecule has 0 saturated heterocycles. The Balaban J connectivity index is 1.61. The van der Waals surface area contributed by atoms with Crippen molar-refractivity contribution in [1.29, 1.82) is 5.26 Å². The number of benzene rings is 1. The number of carbonyl (C=O) groups is 1. The molecule has 0 spiro atoms. The second-order valence-electron chi connectivity index (χ2n) is 9.06. The first-order valence-electron chi connectivity index (χ1n) is 10.9. The SMILES string of the molecule is CC(c1ccc2c(c1NC(=O)NS(=O)(=O)c1sc(C(C)(O)CO)cc1C#N)CCC2)C1CC1. The molecule has 10 heteroatoms. The standard InChI is InChI=1S/C23H27N3O5S2/c1-13(14-6-7-14)17-9-8-15-4-3-5-18(15)20(17)25-22(28)26-33(30,31)21-16(11-24)10-19(32-21)23(2,29)12-27/h8-10,13-14,27,29H,3-7,12H2,1-2H3,(H2,25,26,28). The highest BCUT2D eigenvalue weighted by Gasteiger charge is 2.34. The number of amides is 2. The first kappa shape index (κ1) is 23.7. The third-order valence-corrected chi connectivity index (χ3v) is 9.75. The summed E-state index contributed by atoms with van der Waals surface area (Å²) in [5.41, 5.74) is 2.02. The number of nitrogens with one attached hydrogen (secondary N) is 2. The van der Waals surface area contributed by atoms with Gasteiger partial charge in [0.15, 0.2) is 4.21 Å². The van der Waals surface area contributed by atoms with Gasteiger partial charge in [0.1, 0.15) is 11.7 Å². The highest BCUT2D eigenvalue weighted by atomic mass is 32.2. The van der Waals surface area contributed by atoms with Gasteiger partial charge in [-0.2, -0.15) is 5.26 Å². The van der Waals surface area contributed by atoms with E-state index in [0.29, 0.717) is 22.9 Å². The molecule has 1 aromatic heterocycles. The summed E-state index contributed by atoms with van der Waals surface area (Å²) in [6, 6.07) is 6.25. The number of nitriles is 1. The van der Waals surface area contributed by atoms with Crippen molar-refractivity contribution in [3.05, 3.63) is 45.3 Å². The van der Waals surface area contributed by atoms with Crippen LogP contribution in [-0.4, -0.2) is 31.3 Å². The maximum atomic E-state index is 13.0. The zero-order chi connectivity index (χ0) is 24.0. The Bertz CT molecular complexity index is 1240. The van der Waals surface area contributed by atoms with Crippen molar-refractivity contribution in [2.75, 3.05) is 11.9 Å². The van der Waals surface area contributed by atoms with E-state index in [1.54, 1.807) is 6.07 Å². The first-order valence-corrected chi connectivity index (χ1v) is 13.2. The molecule has 2 unspecified atom stereocenters. The van der Waals surface area contributed by atoms with E-state index in [9.17, 15) is 28.7 Å². The van der Waals surface area contributed by atoms with Crippen LogP contribution in [0.5, 0.6) is 0 Å². The highest BCUT2D eigenvalue weighted by Crippen LogP contribution is 2.46. The van der Waals surface area contributed by atoms with Gasteiger partial charge in [-0.3, -0.25) is 0 Å². The summed E-state index contributed by atoms with van der Waals surface area (Å²) in [6.07, 6.45) is 5.03. The number of aliphatic hydroxyl groups is 2. The van der Waals surface area contributed by atoms with Crippen molar-refractivity contribution in [2.24, 2.45) is 5.92 Å². The third kappa shape index (κ3) is 4.64. The number of hydrogen-bond acceptors (Lipinski definition) is 7. The Morgan fingerprint density at radius 3 is 2.73 bits per heavy atom. The molecule has 2 aliphatic rings. The number of nitrogens with zero attached hydrogens (tertiary/aromatic N) is 1. The van der Waals surface area contributed by atoms with Crippen LogP contribution in [-0.2, 0) is 28.5 Å². The van der Waals surface area contributed by atoms with Crippen molar-refractivity contribution in [1.82, 2.24) is 4.72 Å². The van der Waals surface area contributed by atoms with Gasteiger partial charge in [-0.25, -0.2) is 17.9 Å². The van der Waals surface area contributed by atoms with Crippen molar-refractivity contribution >= 4 is 33.1 Å². The molecule has 2 amide bonds. The fraction of sp³-hybridized carbons (Fsp3) is 0.478. The Hall–Kier alpha value is -2.45. The average molecular weight is 490 g/mol. The van der Waals surface area contributed by atoms with E-state index in [1.165, 1.54) is 18.6 Å². The second kappa shape index (κ2) is 8.72. The van der Waals surface area contributed by atoms with Crippen LogP contribution >= 0.6 is 11.3 Å². The number of rotatable bonds is 7. The van der Waals surface area contributed by atoms with E-state index >= 15 is 0 Å². The smallest absolute Gasteiger partial charge is 0.333 e. The maximum absolute atomic E-state index is 13.0. The fourth-order valence-corrected chi connectivity index (χ4v) is 6.85. The van der Waals surface area contributed by atoms with Crippen LogP contribution in [0.4, 0.5) is 10.5 Å². The lowest BCUT2D eigenvalue weighted by Crippen LogP contribution is -2.35. The molecule has 33 heavy (non-hydrogen) atoms. The predicted octanol–water partition coefficient (Wildman–Crippen LogP) is 3.33. The third-order valence-electron chi connectivity index (χ3n) is 6.50. The van der Waals surface area contributed by atoms with E-state index in [2.05, 4.69) is 18.3 Å². The number of fused-ring (bicyclic) bond motifs is 1. The lowest BCUT2D eigenvalue weighted by molar-refractivity contribution is 0.000780. The monoisotopic (exact) mass is 489 g/mol. The Kier molecular flexibility index (Phi) is 6.26. The molecule has 1 aromatic carbocycles. The minimum Gasteiger partial charge on any atom is -0.393 e. The molecule has 1 heterocycles. The van der Waals surface area contributed by atoms with Crippen molar-refractivity contribution in [3.63, 3.8) is 0 Å². The van der Waals surface area contributed by atoms with Crippen LogP contribution in [0.3, 0.4) is 0 Å². The molecule has 0 aliphatic heterocycles. The number of aliphatic hydroxyl groups excluding tert-OH is 1. The summed E-state index contributed by atoms with van der Waals surface area (Å²) < 4.78 is 27.5. The summed E-state index contributed by atoms with van der Waals surface area (Å²) in [5, 5.41) is 31.8. The normalized spacial score (nSPS) is 18.2. The van der Waals surface area contributed by atoms with Crippen molar-refractivity contribution < 1.29 is 23.4 Å². The van der Waals surface area contributed by atoms with Crippen molar-refractivity contribution in [2.45, 2.75) is 61.7 Å². The van der Waals surface area contributed by atoms with Crippen LogP contribution in [0.15, 0.2) is 22.4 Å². The molecule has 2 aromatic rings. The topological polar surface area (TPSA) is 140 Å². The van der Waals surface area contributed by atoms with Crippen LogP contribution < -0.4 is 10.0 Å². The number of urea groups is 1. The molecule has 1 saturated carbocycles. The molecule has 0 bridgehead atoms. The van der Waals surface area contributed by atoms with Gasteiger partial charge < -0.3 is 15.5 Å². The van der Waals surface area contributed by atoms with Crippen LogP contribution in [0, 0.1) is 17.2 Å². The molecule has 1 fully saturated rings. The molecular weight excluding hydrogens is 462 g/mol. The summed E-state index contributed by atoms with van der Waals surface area (Å²) in [4.78, 5) is 13.0. The van der Waals surface area contributed by atoms with Gasteiger partial charge in [-0.1, -0.05) is 19.1 Å². The number of hydrogen-bond donors (Lipinski definition) is 4. The molecular formula is C23H27N3O5S2. The summed E-state index contributed by atoms with van der Waals surface area (Å²) >= 11 is 0.648. The van der Waals surface area contributed by atoms with Crippen LogP contribution in [0.25, 0.3) is 0 Å².